The van der Waals surface area contributed by atoms with Gasteiger partial charge in [0.25, 0.3) is 0 Å². The van der Waals surface area contributed by atoms with Crippen molar-refractivity contribution in [1.82, 2.24) is 0 Å². The Bertz CT molecular complexity index is 191. The summed E-state index contributed by atoms with van der Waals surface area (Å²) in [6.45, 7) is 6.68. The lowest BCUT2D eigenvalue weighted by Gasteiger charge is -2.30. The highest BCUT2D eigenvalue weighted by atomic mass is 16.5. The molecule has 1 saturated carbocycles. The maximum absolute atomic E-state index is 5.95. The number of ether oxygens (including phenoxy) is 1. The van der Waals surface area contributed by atoms with Crippen molar-refractivity contribution in [2.45, 2.75) is 64.5 Å². The highest BCUT2D eigenvalue weighted by molar-refractivity contribution is 4.89. The van der Waals surface area contributed by atoms with Crippen molar-refractivity contribution >= 4 is 0 Å². The van der Waals surface area contributed by atoms with Crippen molar-refractivity contribution < 1.29 is 4.74 Å². The standard InChI is InChI=1S/C12H25NO/c1-11(2,14-4)7-8-12(3)6-5-10(13)9-12/h10H,5-9,13H2,1-4H3. The molecule has 1 rings (SSSR count). The summed E-state index contributed by atoms with van der Waals surface area (Å²) in [6, 6.07) is 0.436. The van der Waals surface area contributed by atoms with Gasteiger partial charge in [0.2, 0.25) is 0 Å². The largest absolute Gasteiger partial charge is 0.379 e. The van der Waals surface area contributed by atoms with Crippen LogP contribution in [0, 0.1) is 5.41 Å². The molecule has 0 amide bonds. The van der Waals surface area contributed by atoms with Gasteiger partial charge in [0.15, 0.2) is 0 Å². The van der Waals surface area contributed by atoms with Crippen molar-refractivity contribution in [2.75, 3.05) is 7.11 Å². The van der Waals surface area contributed by atoms with Crippen LogP contribution in [-0.2, 0) is 4.74 Å². The van der Waals surface area contributed by atoms with Crippen LogP contribution in [0.2, 0.25) is 0 Å². The Morgan fingerprint density at radius 3 is 2.57 bits per heavy atom. The maximum atomic E-state index is 5.95. The van der Waals surface area contributed by atoms with Crippen LogP contribution in [-0.4, -0.2) is 18.8 Å². The lowest BCUT2D eigenvalue weighted by molar-refractivity contribution is 0.00497. The van der Waals surface area contributed by atoms with Crippen molar-refractivity contribution in [1.29, 1.82) is 0 Å². The van der Waals surface area contributed by atoms with Crippen LogP contribution in [0.1, 0.15) is 52.9 Å². The van der Waals surface area contributed by atoms with Gasteiger partial charge in [0.05, 0.1) is 5.60 Å². The molecule has 0 radical (unpaired) electrons. The Hall–Kier alpha value is -0.0800. The molecule has 0 aromatic heterocycles. The van der Waals surface area contributed by atoms with E-state index < -0.39 is 0 Å². The molecule has 0 spiro atoms. The van der Waals surface area contributed by atoms with Crippen LogP contribution in [0.5, 0.6) is 0 Å². The second-order valence-corrected chi connectivity index (χ2v) is 5.78. The molecule has 0 aromatic carbocycles. The van der Waals surface area contributed by atoms with E-state index in [4.69, 9.17) is 10.5 Å². The predicted molar refractivity (Wildman–Crippen MR) is 60.3 cm³/mol. The molecule has 0 heterocycles. The van der Waals surface area contributed by atoms with Gasteiger partial charge >= 0.3 is 0 Å². The first-order valence-electron chi connectivity index (χ1n) is 5.68. The third-order valence-electron chi connectivity index (χ3n) is 3.76. The summed E-state index contributed by atoms with van der Waals surface area (Å²) < 4.78 is 5.44. The minimum absolute atomic E-state index is 0.0235. The molecule has 2 atom stereocenters. The second-order valence-electron chi connectivity index (χ2n) is 5.78. The van der Waals surface area contributed by atoms with Crippen LogP contribution < -0.4 is 5.73 Å². The number of methoxy groups -OCH3 is 1. The van der Waals surface area contributed by atoms with Gasteiger partial charge in [0, 0.05) is 13.2 Å². The van der Waals surface area contributed by atoms with Crippen LogP contribution in [0.25, 0.3) is 0 Å². The molecule has 0 bridgehead atoms. The minimum atomic E-state index is 0.0235. The van der Waals surface area contributed by atoms with E-state index in [0.29, 0.717) is 11.5 Å². The van der Waals surface area contributed by atoms with E-state index in [1.54, 1.807) is 7.11 Å². The maximum Gasteiger partial charge on any atom is 0.0623 e. The molecule has 1 aliphatic rings. The number of rotatable bonds is 4. The monoisotopic (exact) mass is 199 g/mol. The lowest BCUT2D eigenvalue weighted by Crippen LogP contribution is -2.26. The predicted octanol–water partition coefficient (Wildman–Crippen LogP) is 2.71. The van der Waals surface area contributed by atoms with Gasteiger partial charge in [-0.15, -0.1) is 0 Å². The fraction of sp³-hybridized carbons (Fsp3) is 1.00. The average Bonchev–Trinajstić information content (AvgIpc) is 2.45. The van der Waals surface area contributed by atoms with Gasteiger partial charge in [-0.05, 0) is 51.4 Å². The van der Waals surface area contributed by atoms with E-state index in [9.17, 15) is 0 Å². The third kappa shape index (κ3) is 3.25. The first-order valence-corrected chi connectivity index (χ1v) is 5.68. The second kappa shape index (κ2) is 4.19. The first kappa shape index (κ1) is 12.0. The zero-order chi connectivity index (χ0) is 10.8. The Labute approximate surface area is 88.2 Å². The number of nitrogens with two attached hydrogens (primary N) is 1. The molecule has 0 aliphatic heterocycles. The third-order valence-corrected chi connectivity index (χ3v) is 3.76. The Morgan fingerprint density at radius 2 is 2.14 bits per heavy atom. The highest BCUT2D eigenvalue weighted by Crippen LogP contribution is 2.42. The molecule has 84 valence electrons. The Balaban J connectivity index is 2.37. The molecule has 0 aromatic rings. The Kier molecular flexibility index (Phi) is 3.59. The van der Waals surface area contributed by atoms with Crippen LogP contribution in [0.3, 0.4) is 0 Å². The molecule has 2 N–H and O–H groups in total. The first-order chi connectivity index (χ1) is 6.37. The molecule has 14 heavy (non-hydrogen) atoms. The normalized spacial score (nSPS) is 33.6. The van der Waals surface area contributed by atoms with Crippen LogP contribution in [0.4, 0.5) is 0 Å². The fourth-order valence-electron chi connectivity index (χ4n) is 2.30. The molecular weight excluding hydrogens is 174 g/mol. The molecule has 2 heteroatoms. The summed E-state index contributed by atoms with van der Waals surface area (Å²) in [5.74, 6) is 0. The number of hydrogen-bond donors (Lipinski definition) is 1. The van der Waals surface area contributed by atoms with Gasteiger partial charge in [-0.2, -0.15) is 0 Å². The topological polar surface area (TPSA) is 35.2 Å². The van der Waals surface area contributed by atoms with Gasteiger partial charge < -0.3 is 10.5 Å². The van der Waals surface area contributed by atoms with Gasteiger partial charge in [0.1, 0.15) is 0 Å². The molecule has 1 fully saturated rings. The van der Waals surface area contributed by atoms with E-state index in [-0.39, 0.29) is 5.60 Å². The number of hydrogen-bond acceptors (Lipinski definition) is 2. The summed E-state index contributed by atoms with van der Waals surface area (Å²) in [5, 5.41) is 0. The summed E-state index contributed by atoms with van der Waals surface area (Å²) in [7, 11) is 1.79. The molecule has 0 saturated heterocycles. The van der Waals surface area contributed by atoms with E-state index in [1.165, 1.54) is 25.7 Å². The Morgan fingerprint density at radius 1 is 1.50 bits per heavy atom. The molecule has 1 aliphatic carbocycles. The van der Waals surface area contributed by atoms with E-state index in [2.05, 4.69) is 20.8 Å². The van der Waals surface area contributed by atoms with Gasteiger partial charge in [-0.1, -0.05) is 6.92 Å². The smallest absolute Gasteiger partial charge is 0.0623 e. The summed E-state index contributed by atoms with van der Waals surface area (Å²) in [4.78, 5) is 0. The van der Waals surface area contributed by atoms with Crippen molar-refractivity contribution in [2.24, 2.45) is 11.1 Å². The molecule has 2 nitrogen and oxygen atoms in total. The molecule has 2 unspecified atom stereocenters. The van der Waals surface area contributed by atoms with E-state index in [1.807, 2.05) is 0 Å². The SMILES string of the molecule is COC(C)(C)CCC1(C)CCC(N)C1. The quantitative estimate of drug-likeness (QED) is 0.755. The van der Waals surface area contributed by atoms with Gasteiger partial charge in [-0.3, -0.25) is 0 Å². The van der Waals surface area contributed by atoms with Crippen molar-refractivity contribution in [3.8, 4) is 0 Å². The summed E-state index contributed by atoms with van der Waals surface area (Å²) >= 11 is 0. The lowest BCUT2D eigenvalue weighted by atomic mass is 9.81. The van der Waals surface area contributed by atoms with Crippen molar-refractivity contribution in [3.05, 3.63) is 0 Å². The van der Waals surface area contributed by atoms with E-state index >= 15 is 0 Å². The van der Waals surface area contributed by atoms with E-state index in [0.717, 1.165) is 6.42 Å². The van der Waals surface area contributed by atoms with Crippen LogP contribution in [0.15, 0.2) is 0 Å². The minimum Gasteiger partial charge on any atom is -0.379 e. The van der Waals surface area contributed by atoms with Gasteiger partial charge in [-0.25, -0.2) is 0 Å². The zero-order valence-electron chi connectivity index (χ0n) is 10.1. The molecular formula is C12H25NO. The summed E-state index contributed by atoms with van der Waals surface area (Å²) in [6.07, 6.45) is 6.04. The van der Waals surface area contributed by atoms with Crippen molar-refractivity contribution in [3.63, 3.8) is 0 Å². The average molecular weight is 199 g/mol. The zero-order valence-corrected chi connectivity index (χ0v) is 10.1. The summed E-state index contributed by atoms with van der Waals surface area (Å²) in [5.41, 5.74) is 6.44. The van der Waals surface area contributed by atoms with Crippen LogP contribution >= 0.6 is 0 Å². The fourth-order valence-corrected chi connectivity index (χ4v) is 2.30. The highest BCUT2D eigenvalue weighted by Gasteiger charge is 2.34.